The SMILES string of the molecule is Cc1ccc(CC(O)c2c(C)ccnc2N)cc1C. The first kappa shape index (κ1) is 13.6. The summed E-state index contributed by atoms with van der Waals surface area (Å²) < 4.78 is 0. The molecule has 2 aromatic rings. The molecule has 1 atom stereocenters. The standard InChI is InChI=1S/C16H20N2O/c1-10-4-5-13(8-12(10)3)9-14(19)15-11(2)6-7-18-16(15)17/h4-8,14,19H,9H2,1-3H3,(H2,17,18). The van der Waals surface area contributed by atoms with Crippen molar-refractivity contribution in [1.82, 2.24) is 4.98 Å². The van der Waals surface area contributed by atoms with E-state index in [-0.39, 0.29) is 0 Å². The minimum absolute atomic E-state index is 0.413. The minimum Gasteiger partial charge on any atom is -0.388 e. The highest BCUT2D eigenvalue weighted by molar-refractivity contribution is 5.46. The molecule has 0 amide bonds. The van der Waals surface area contributed by atoms with Gasteiger partial charge in [-0.05, 0) is 49.1 Å². The van der Waals surface area contributed by atoms with Crippen LogP contribution in [-0.4, -0.2) is 10.1 Å². The van der Waals surface area contributed by atoms with Gasteiger partial charge >= 0.3 is 0 Å². The van der Waals surface area contributed by atoms with Gasteiger partial charge < -0.3 is 10.8 Å². The van der Waals surface area contributed by atoms with Crippen LogP contribution in [0.15, 0.2) is 30.5 Å². The lowest BCUT2D eigenvalue weighted by molar-refractivity contribution is 0.178. The van der Waals surface area contributed by atoms with Gasteiger partial charge in [-0.15, -0.1) is 0 Å². The van der Waals surface area contributed by atoms with Crippen LogP contribution in [-0.2, 0) is 6.42 Å². The number of hydrogen-bond donors (Lipinski definition) is 2. The van der Waals surface area contributed by atoms with Gasteiger partial charge in [0.2, 0.25) is 0 Å². The second-order valence-electron chi connectivity index (χ2n) is 5.07. The second kappa shape index (κ2) is 5.41. The molecular formula is C16H20N2O. The number of pyridine rings is 1. The van der Waals surface area contributed by atoms with Crippen molar-refractivity contribution in [2.24, 2.45) is 0 Å². The van der Waals surface area contributed by atoms with Crippen LogP contribution >= 0.6 is 0 Å². The van der Waals surface area contributed by atoms with E-state index < -0.39 is 6.10 Å². The molecule has 0 saturated carbocycles. The van der Waals surface area contributed by atoms with Crippen molar-refractivity contribution in [2.45, 2.75) is 33.3 Å². The van der Waals surface area contributed by atoms with Crippen LogP contribution in [0.5, 0.6) is 0 Å². The fraction of sp³-hybridized carbons (Fsp3) is 0.312. The van der Waals surface area contributed by atoms with Crippen molar-refractivity contribution in [2.75, 3.05) is 5.73 Å². The first-order chi connectivity index (χ1) is 8.99. The third-order valence-corrected chi connectivity index (χ3v) is 3.57. The van der Waals surface area contributed by atoms with Gasteiger partial charge in [0, 0.05) is 18.2 Å². The Balaban J connectivity index is 2.25. The highest BCUT2D eigenvalue weighted by Gasteiger charge is 2.15. The van der Waals surface area contributed by atoms with Crippen molar-refractivity contribution >= 4 is 5.82 Å². The minimum atomic E-state index is -0.615. The summed E-state index contributed by atoms with van der Waals surface area (Å²) in [5.74, 6) is 0.413. The Bertz CT molecular complexity index is 573. The lowest BCUT2D eigenvalue weighted by atomic mass is 9.96. The van der Waals surface area contributed by atoms with Gasteiger partial charge in [-0.3, -0.25) is 0 Å². The summed E-state index contributed by atoms with van der Waals surface area (Å²) in [5, 5.41) is 10.4. The Morgan fingerprint density at radius 3 is 2.47 bits per heavy atom. The molecule has 0 aliphatic rings. The third-order valence-electron chi connectivity index (χ3n) is 3.57. The Hall–Kier alpha value is -1.87. The molecule has 19 heavy (non-hydrogen) atoms. The van der Waals surface area contributed by atoms with Crippen molar-refractivity contribution in [1.29, 1.82) is 0 Å². The van der Waals surface area contributed by atoms with Gasteiger partial charge in [-0.2, -0.15) is 0 Å². The predicted octanol–water partition coefficient (Wildman–Crippen LogP) is 2.87. The van der Waals surface area contributed by atoms with E-state index in [9.17, 15) is 5.11 Å². The van der Waals surface area contributed by atoms with Crippen molar-refractivity contribution < 1.29 is 5.11 Å². The number of aryl methyl sites for hydroxylation is 3. The van der Waals surface area contributed by atoms with Gasteiger partial charge in [0.1, 0.15) is 5.82 Å². The fourth-order valence-corrected chi connectivity index (χ4v) is 2.28. The zero-order valence-electron chi connectivity index (χ0n) is 11.6. The smallest absolute Gasteiger partial charge is 0.129 e. The number of anilines is 1. The highest BCUT2D eigenvalue weighted by Crippen LogP contribution is 2.26. The monoisotopic (exact) mass is 256 g/mol. The molecule has 0 saturated heterocycles. The maximum atomic E-state index is 10.4. The Morgan fingerprint density at radius 1 is 1.11 bits per heavy atom. The van der Waals surface area contributed by atoms with E-state index in [4.69, 9.17) is 5.73 Å². The van der Waals surface area contributed by atoms with Crippen LogP contribution in [0.4, 0.5) is 5.82 Å². The molecule has 1 aromatic heterocycles. The molecule has 100 valence electrons. The number of nitrogens with two attached hydrogens (primary N) is 1. The van der Waals surface area contributed by atoms with E-state index in [1.54, 1.807) is 6.20 Å². The molecule has 3 N–H and O–H groups in total. The summed E-state index contributed by atoms with van der Waals surface area (Å²) in [7, 11) is 0. The number of nitrogen functional groups attached to an aromatic ring is 1. The van der Waals surface area contributed by atoms with E-state index in [1.165, 1.54) is 11.1 Å². The molecule has 3 heteroatoms. The third kappa shape index (κ3) is 2.93. The summed E-state index contributed by atoms with van der Waals surface area (Å²) in [4.78, 5) is 4.05. The molecular weight excluding hydrogens is 236 g/mol. The summed E-state index contributed by atoms with van der Waals surface area (Å²) in [5.41, 5.74) is 11.2. The zero-order chi connectivity index (χ0) is 14.0. The maximum absolute atomic E-state index is 10.4. The second-order valence-corrected chi connectivity index (χ2v) is 5.07. The summed E-state index contributed by atoms with van der Waals surface area (Å²) >= 11 is 0. The number of aromatic nitrogens is 1. The number of hydrogen-bond acceptors (Lipinski definition) is 3. The van der Waals surface area contributed by atoms with Gasteiger partial charge in [-0.1, -0.05) is 18.2 Å². The molecule has 0 aliphatic carbocycles. The molecule has 0 aliphatic heterocycles. The van der Waals surface area contributed by atoms with Gasteiger partial charge in [0.25, 0.3) is 0 Å². The van der Waals surface area contributed by atoms with Crippen molar-refractivity contribution in [3.05, 3.63) is 58.3 Å². The summed E-state index contributed by atoms with van der Waals surface area (Å²) in [6, 6.07) is 8.11. The number of rotatable bonds is 3. The predicted molar refractivity (Wildman–Crippen MR) is 78.0 cm³/mol. The number of nitrogens with zero attached hydrogens (tertiary/aromatic N) is 1. The first-order valence-corrected chi connectivity index (χ1v) is 6.44. The molecule has 0 bridgehead atoms. The molecule has 1 aromatic carbocycles. The maximum Gasteiger partial charge on any atom is 0.129 e. The fourth-order valence-electron chi connectivity index (χ4n) is 2.28. The van der Waals surface area contributed by atoms with Gasteiger partial charge in [-0.25, -0.2) is 4.98 Å². The van der Waals surface area contributed by atoms with Crippen LogP contribution in [0.3, 0.4) is 0 Å². The van der Waals surface area contributed by atoms with Crippen LogP contribution < -0.4 is 5.73 Å². The largest absolute Gasteiger partial charge is 0.388 e. The lowest BCUT2D eigenvalue weighted by Gasteiger charge is -2.16. The molecule has 1 unspecified atom stereocenters. The number of benzene rings is 1. The van der Waals surface area contributed by atoms with Crippen LogP contribution in [0, 0.1) is 20.8 Å². The molecule has 3 nitrogen and oxygen atoms in total. The Kier molecular flexibility index (Phi) is 3.86. The molecule has 1 heterocycles. The van der Waals surface area contributed by atoms with E-state index in [0.29, 0.717) is 12.2 Å². The average molecular weight is 256 g/mol. The van der Waals surface area contributed by atoms with Crippen LogP contribution in [0.25, 0.3) is 0 Å². The lowest BCUT2D eigenvalue weighted by Crippen LogP contribution is -2.09. The summed E-state index contributed by atoms with van der Waals surface area (Å²) in [6.45, 7) is 6.10. The van der Waals surface area contributed by atoms with Gasteiger partial charge in [0.05, 0.1) is 6.10 Å². The van der Waals surface area contributed by atoms with E-state index in [1.807, 2.05) is 19.1 Å². The average Bonchev–Trinajstić information content (AvgIpc) is 2.33. The van der Waals surface area contributed by atoms with Crippen LogP contribution in [0.1, 0.15) is 33.9 Å². The van der Waals surface area contributed by atoms with Crippen LogP contribution in [0.2, 0.25) is 0 Å². The first-order valence-electron chi connectivity index (χ1n) is 6.44. The molecule has 2 rings (SSSR count). The summed E-state index contributed by atoms with van der Waals surface area (Å²) in [6.07, 6.45) is 1.60. The quantitative estimate of drug-likeness (QED) is 0.887. The highest BCUT2D eigenvalue weighted by atomic mass is 16.3. The van der Waals surface area contributed by atoms with E-state index >= 15 is 0 Å². The normalized spacial score (nSPS) is 12.4. The number of aliphatic hydroxyl groups is 1. The van der Waals surface area contributed by atoms with Crippen molar-refractivity contribution in [3.63, 3.8) is 0 Å². The molecule has 0 spiro atoms. The number of aliphatic hydroxyl groups excluding tert-OH is 1. The topological polar surface area (TPSA) is 59.1 Å². The Labute approximate surface area is 114 Å². The Morgan fingerprint density at radius 2 is 1.84 bits per heavy atom. The van der Waals surface area contributed by atoms with Gasteiger partial charge in [0.15, 0.2) is 0 Å². The molecule has 0 radical (unpaired) electrons. The van der Waals surface area contributed by atoms with E-state index in [0.717, 1.165) is 16.7 Å². The zero-order valence-corrected chi connectivity index (χ0v) is 11.6. The van der Waals surface area contributed by atoms with E-state index in [2.05, 4.69) is 31.0 Å². The molecule has 0 fully saturated rings. The van der Waals surface area contributed by atoms with Crippen molar-refractivity contribution in [3.8, 4) is 0 Å².